The Hall–Kier alpha value is -3.41. The number of ketones is 1. The second kappa shape index (κ2) is 11.8. The third kappa shape index (κ3) is 7.38. The Morgan fingerprint density at radius 1 is 0.969 bits per heavy atom. The highest BCUT2D eigenvalue weighted by Gasteiger charge is 2.31. The first-order valence-electron chi connectivity index (χ1n) is 10.9. The third-order valence-corrected chi connectivity index (χ3v) is 5.71. The van der Waals surface area contributed by atoms with Crippen molar-refractivity contribution in [3.63, 3.8) is 0 Å². The highest BCUT2D eigenvalue weighted by Crippen LogP contribution is 2.31. The molecule has 1 amide bonds. The van der Waals surface area contributed by atoms with E-state index in [0.717, 1.165) is 16.7 Å². The van der Waals surface area contributed by atoms with Crippen LogP contribution in [0.15, 0.2) is 72.3 Å². The van der Waals surface area contributed by atoms with Crippen molar-refractivity contribution in [3.8, 4) is 0 Å². The predicted molar refractivity (Wildman–Crippen MR) is 121 cm³/mol. The fourth-order valence-electron chi connectivity index (χ4n) is 4.06. The van der Waals surface area contributed by atoms with Gasteiger partial charge in [0.05, 0.1) is 6.42 Å². The lowest BCUT2D eigenvalue weighted by molar-refractivity contribution is -0.141. The lowest BCUT2D eigenvalue weighted by atomic mass is 9.82. The van der Waals surface area contributed by atoms with Crippen LogP contribution in [0.1, 0.15) is 36.8 Å². The molecule has 0 heterocycles. The van der Waals surface area contributed by atoms with E-state index in [2.05, 4.69) is 11.4 Å². The fourth-order valence-corrected chi connectivity index (χ4v) is 4.06. The molecule has 3 rings (SSSR count). The van der Waals surface area contributed by atoms with Gasteiger partial charge in [-0.05, 0) is 36.3 Å². The van der Waals surface area contributed by atoms with E-state index in [9.17, 15) is 19.5 Å². The highest BCUT2D eigenvalue weighted by atomic mass is 16.5. The number of carboxylic acids is 1. The summed E-state index contributed by atoms with van der Waals surface area (Å²) in [5.74, 6) is -1.67. The molecule has 2 unspecified atom stereocenters. The second-order valence-corrected chi connectivity index (χ2v) is 8.09. The van der Waals surface area contributed by atoms with Gasteiger partial charge in [-0.15, -0.1) is 0 Å². The van der Waals surface area contributed by atoms with E-state index in [4.69, 9.17) is 4.74 Å². The number of allylic oxidation sites excluding steroid dienone is 1. The van der Waals surface area contributed by atoms with Crippen LogP contribution in [-0.2, 0) is 27.4 Å². The van der Waals surface area contributed by atoms with Crippen molar-refractivity contribution in [1.29, 1.82) is 0 Å². The number of rotatable bonds is 9. The molecule has 0 aromatic heterocycles. The maximum atomic E-state index is 12.7. The first kappa shape index (κ1) is 23.3. The molecule has 0 radical (unpaired) electrons. The monoisotopic (exact) mass is 435 g/mol. The molecular formula is C26H29NO5. The van der Waals surface area contributed by atoms with Crippen molar-refractivity contribution in [2.45, 2.75) is 38.7 Å². The molecule has 0 saturated heterocycles. The molecule has 0 fully saturated rings. The van der Waals surface area contributed by atoms with Crippen LogP contribution in [0.25, 0.3) is 0 Å². The first-order valence-corrected chi connectivity index (χ1v) is 10.9. The van der Waals surface area contributed by atoms with Gasteiger partial charge in [-0.3, -0.25) is 9.59 Å². The number of alkyl carbamates (subject to hydrolysis) is 1. The number of amides is 1. The lowest BCUT2D eigenvalue weighted by Gasteiger charge is -2.21. The Kier molecular flexibility index (Phi) is 8.61. The van der Waals surface area contributed by atoms with Crippen molar-refractivity contribution in [3.05, 3.63) is 83.4 Å². The molecule has 1 aliphatic carbocycles. The van der Waals surface area contributed by atoms with Crippen molar-refractivity contribution in [1.82, 2.24) is 5.32 Å². The van der Waals surface area contributed by atoms with Gasteiger partial charge in [0.1, 0.15) is 12.4 Å². The summed E-state index contributed by atoms with van der Waals surface area (Å²) in [7, 11) is 0. The molecule has 168 valence electrons. The van der Waals surface area contributed by atoms with E-state index < -0.39 is 18.0 Å². The van der Waals surface area contributed by atoms with E-state index in [1.54, 1.807) is 0 Å². The van der Waals surface area contributed by atoms with E-state index in [-0.39, 0.29) is 24.7 Å². The summed E-state index contributed by atoms with van der Waals surface area (Å²) < 4.78 is 5.23. The number of carbonyl (C=O) groups excluding carboxylic acids is 2. The minimum Gasteiger partial charge on any atom is -0.481 e. The van der Waals surface area contributed by atoms with Crippen LogP contribution in [0, 0.1) is 11.8 Å². The topological polar surface area (TPSA) is 92.7 Å². The summed E-state index contributed by atoms with van der Waals surface area (Å²) in [5.41, 5.74) is 3.05. The van der Waals surface area contributed by atoms with Crippen LogP contribution < -0.4 is 5.32 Å². The Balaban J connectivity index is 1.59. The van der Waals surface area contributed by atoms with Gasteiger partial charge in [-0.25, -0.2) is 4.79 Å². The average molecular weight is 436 g/mol. The molecule has 6 nitrogen and oxygen atoms in total. The smallest absolute Gasteiger partial charge is 0.407 e. The Labute approximate surface area is 188 Å². The number of nitrogens with one attached hydrogen (secondary N) is 1. The molecule has 32 heavy (non-hydrogen) atoms. The third-order valence-electron chi connectivity index (χ3n) is 5.71. The predicted octanol–water partition coefficient (Wildman–Crippen LogP) is 4.54. The zero-order valence-electron chi connectivity index (χ0n) is 18.0. The van der Waals surface area contributed by atoms with Crippen LogP contribution in [0.3, 0.4) is 0 Å². The summed E-state index contributed by atoms with van der Waals surface area (Å²) in [6.45, 7) is 0.606. The van der Waals surface area contributed by atoms with E-state index in [0.29, 0.717) is 32.2 Å². The van der Waals surface area contributed by atoms with E-state index in [1.807, 2.05) is 60.7 Å². The van der Waals surface area contributed by atoms with Crippen LogP contribution in [0.2, 0.25) is 0 Å². The summed E-state index contributed by atoms with van der Waals surface area (Å²) in [4.78, 5) is 36.1. The molecule has 1 aliphatic rings. The number of hydrogen-bond acceptors (Lipinski definition) is 4. The van der Waals surface area contributed by atoms with Crippen LogP contribution in [-0.4, -0.2) is 29.5 Å². The summed E-state index contributed by atoms with van der Waals surface area (Å²) in [5, 5.41) is 12.1. The number of Topliss-reactive ketones (excluding diaryl/α,β-unsaturated/α-hetero) is 1. The van der Waals surface area contributed by atoms with Gasteiger partial charge < -0.3 is 15.2 Å². The SMILES string of the molecule is O=C(O)CC1C(=O)CCC(CCNC(=O)OCc2ccccc2)=CC1Cc1ccccc1. The molecular weight excluding hydrogens is 406 g/mol. The van der Waals surface area contributed by atoms with E-state index >= 15 is 0 Å². The summed E-state index contributed by atoms with van der Waals surface area (Å²) >= 11 is 0. The fraction of sp³-hybridized carbons (Fsp3) is 0.346. The number of hydrogen-bond donors (Lipinski definition) is 2. The van der Waals surface area contributed by atoms with Crippen LogP contribution in [0.5, 0.6) is 0 Å². The molecule has 6 heteroatoms. The van der Waals surface area contributed by atoms with Gasteiger partial charge in [-0.1, -0.05) is 72.3 Å². The molecule has 0 aliphatic heterocycles. The maximum absolute atomic E-state index is 12.7. The van der Waals surface area contributed by atoms with Crippen molar-refractivity contribution >= 4 is 17.8 Å². The highest BCUT2D eigenvalue weighted by molar-refractivity contribution is 5.86. The molecule has 2 aromatic rings. The van der Waals surface area contributed by atoms with Gasteiger partial charge in [-0.2, -0.15) is 0 Å². The quantitative estimate of drug-likeness (QED) is 0.564. The van der Waals surface area contributed by atoms with Crippen molar-refractivity contribution in [2.75, 3.05) is 6.54 Å². The lowest BCUT2D eigenvalue weighted by Crippen LogP contribution is -2.26. The Morgan fingerprint density at radius 3 is 2.28 bits per heavy atom. The summed E-state index contributed by atoms with van der Waals surface area (Å²) in [6, 6.07) is 19.3. The zero-order valence-corrected chi connectivity index (χ0v) is 18.0. The Bertz CT molecular complexity index is 939. The van der Waals surface area contributed by atoms with Crippen LogP contribution in [0.4, 0.5) is 4.79 Å². The van der Waals surface area contributed by atoms with Crippen molar-refractivity contribution in [2.24, 2.45) is 11.8 Å². The molecule has 2 N–H and O–H groups in total. The van der Waals surface area contributed by atoms with E-state index in [1.165, 1.54) is 0 Å². The second-order valence-electron chi connectivity index (χ2n) is 8.09. The number of carboxylic acid groups (broad SMARTS) is 1. The van der Waals surface area contributed by atoms with Gasteiger partial charge in [0, 0.05) is 18.9 Å². The molecule has 0 saturated carbocycles. The Morgan fingerprint density at radius 2 is 1.62 bits per heavy atom. The number of carbonyl (C=O) groups is 3. The maximum Gasteiger partial charge on any atom is 0.407 e. The zero-order chi connectivity index (χ0) is 22.8. The van der Waals surface area contributed by atoms with Gasteiger partial charge in [0.2, 0.25) is 0 Å². The minimum atomic E-state index is -0.957. The molecule has 2 aromatic carbocycles. The van der Waals surface area contributed by atoms with Gasteiger partial charge in [0.15, 0.2) is 0 Å². The normalized spacial score (nSPS) is 18.4. The minimum absolute atomic E-state index is 0.00480. The number of ether oxygens (including phenoxy) is 1. The first-order chi connectivity index (χ1) is 15.5. The molecule has 0 spiro atoms. The number of aliphatic carboxylic acids is 1. The average Bonchev–Trinajstić information content (AvgIpc) is 2.93. The molecule has 0 bridgehead atoms. The largest absolute Gasteiger partial charge is 0.481 e. The molecule has 2 atom stereocenters. The number of benzene rings is 2. The summed E-state index contributed by atoms with van der Waals surface area (Å²) in [6.07, 6.45) is 3.53. The van der Waals surface area contributed by atoms with Gasteiger partial charge >= 0.3 is 12.1 Å². The van der Waals surface area contributed by atoms with Gasteiger partial charge in [0.25, 0.3) is 0 Å². The van der Waals surface area contributed by atoms with Crippen LogP contribution >= 0.6 is 0 Å². The standard InChI is InChI=1S/C26H29NO5/c28-24-12-11-20(13-14-27-26(31)32-18-21-9-5-2-6-10-21)16-22(23(24)17-25(29)30)15-19-7-3-1-4-8-19/h1-10,16,22-23H,11-15,17-18H2,(H,27,31)(H,29,30). The van der Waals surface area contributed by atoms with Crippen molar-refractivity contribution < 1.29 is 24.2 Å².